The molecule has 20 rings (SSSR count). The molecular weight excluding hydrogens is 1520 g/mol. The number of nitrogens with one attached hydrogen (secondary N) is 3. The zero-order valence-corrected chi connectivity index (χ0v) is 63.6. The highest BCUT2D eigenvalue weighted by molar-refractivity contribution is 6.05. The van der Waals surface area contributed by atoms with Gasteiger partial charge in [-0.25, -0.2) is 24.7 Å². The summed E-state index contributed by atoms with van der Waals surface area (Å²) in [6.07, 6.45) is 18.5. The fourth-order valence-electron chi connectivity index (χ4n) is 15.4. The number of amides is 7. The lowest BCUT2D eigenvalue weighted by Gasteiger charge is -2.22. The summed E-state index contributed by atoms with van der Waals surface area (Å²) in [5.41, 5.74) is 14.0. The largest absolute Gasteiger partial charge is 0.476 e. The zero-order chi connectivity index (χ0) is 81.1. The van der Waals surface area contributed by atoms with Gasteiger partial charge >= 0.3 is 5.97 Å². The number of nitrogens with zero attached hydrogens (tertiary/aromatic N) is 16. The zero-order valence-electron chi connectivity index (χ0n) is 63.6. The number of benzene rings is 4. The molecule has 4 aliphatic carbocycles. The van der Waals surface area contributed by atoms with Gasteiger partial charge in [0.15, 0.2) is 46.0 Å². The Morgan fingerprint density at radius 2 is 0.597 bits per heavy atom. The lowest BCUT2D eigenvalue weighted by atomic mass is 10.1. The summed E-state index contributed by atoms with van der Waals surface area (Å²) in [5, 5.41) is 32.3. The molecule has 4 fully saturated rings. The summed E-state index contributed by atoms with van der Waals surface area (Å²) in [5.74, 6) is 2.75. The molecule has 7 amide bonds. The highest BCUT2D eigenvalue weighted by Crippen LogP contribution is 2.56. The highest BCUT2D eigenvalue weighted by atomic mass is 16.5. The summed E-state index contributed by atoms with van der Waals surface area (Å²) in [4.78, 5) is 140. The minimum absolute atomic E-state index is 0. The Bertz CT molecular complexity index is 5280. The fraction of sp³-hybridized carbons (Fsp3) is 0.302. The number of fused-ring (bicyclic) bond motifs is 12. The van der Waals surface area contributed by atoms with E-state index in [9.17, 15) is 38.4 Å². The van der Waals surface area contributed by atoms with Crippen molar-refractivity contribution in [3.63, 3.8) is 0 Å². The molecule has 33 nitrogen and oxygen atoms in total. The van der Waals surface area contributed by atoms with Crippen molar-refractivity contribution in [2.75, 3.05) is 47.8 Å². The summed E-state index contributed by atoms with van der Waals surface area (Å²) >= 11 is 0. The van der Waals surface area contributed by atoms with E-state index in [1.54, 1.807) is 96.0 Å². The molecule has 12 aromatic rings. The molecule has 8 aromatic heterocycles. The molecule has 119 heavy (non-hydrogen) atoms. The second-order valence-corrected chi connectivity index (χ2v) is 29.7. The number of carbonyl (C=O) groups excluding carboxylic acids is 7. The number of carboxylic acid groups (broad SMARTS) is 1. The average Bonchev–Trinajstić information content (AvgIpc) is 1.61. The van der Waals surface area contributed by atoms with Gasteiger partial charge in [0.1, 0.15) is 41.2 Å². The SMILES string of the molecule is C.C.CN1C(=O)[C@@H](N)C2C[C@H]2c2nccnc21.CN1C(=O)[C@@H](NC(=O)c2cc(Cc3ccccc3)on2)C2C[C@H]2c2nccnc21.CN1C(=O)[C@@H](NC(=O)c2cc(Cc3ccccc3)on2)[C@H]2C[C@H]2c2nccnc21.CN1C(=O)[C@H](NC(=O)c2cc(Cc3ccccc3)on2)[C@@H]2C[C@@H]2c2nccnc21.O=C(O)c1cc(Cc2ccccc2)on1. The minimum atomic E-state index is -1.07. The summed E-state index contributed by atoms with van der Waals surface area (Å²) < 4.78 is 20.8. The molecule has 0 spiro atoms. The first-order valence-corrected chi connectivity index (χ1v) is 38.0. The number of hydrogen-bond acceptors (Lipinski definition) is 25. The van der Waals surface area contributed by atoms with E-state index < -0.39 is 47.9 Å². The third-order valence-electron chi connectivity index (χ3n) is 21.9. The molecule has 4 aliphatic heterocycles. The van der Waals surface area contributed by atoms with Crippen LogP contribution >= 0.6 is 0 Å². The van der Waals surface area contributed by atoms with Crippen LogP contribution in [0, 0.1) is 23.7 Å². The molecule has 4 aromatic carbocycles. The third kappa shape index (κ3) is 17.8. The third-order valence-corrected chi connectivity index (χ3v) is 21.9. The number of anilines is 4. The molecule has 33 heteroatoms. The van der Waals surface area contributed by atoms with E-state index in [-0.39, 0.29) is 103 Å². The van der Waals surface area contributed by atoms with Crippen LogP contribution in [0.15, 0.2) is 213 Å². The van der Waals surface area contributed by atoms with E-state index >= 15 is 0 Å². The fourth-order valence-corrected chi connectivity index (χ4v) is 15.4. The number of aromatic nitrogens is 12. The normalized spacial score (nSPS) is 21.9. The monoisotopic (exact) mass is 1610 g/mol. The van der Waals surface area contributed by atoms with Gasteiger partial charge in [-0.15, -0.1) is 0 Å². The maximum atomic E-state index is 13.0. The van der Waals surface area contributed by atoms with Gasteiger partial charge in [0.25, 0.3) is 35.4 Å². The van der Waals surface area contributed by atoms with Gasteiger partial charge in [0.2, 0.25) is 5.91 Å². The Balaban J connectivity index is 0.000000125. The molecule has 608 valence electrons. The maximum Gasteiger partial charge on any atom is 0.358 e. The molecule has 2 unspecified atom stereocenters. The van der Waals surface area contributed by atoms with Crippen LogP contribution in [0.3, 0.4) is 0 Å². The van der Waals surface area contributed by atoms with Crippen LogP contribution in [-0.2, 0) is 44.9 Å². The lowest BCUT2D eigenvalue weighted by Crippen LogP contribution is -2.48. The van der Waals surface area contributed by atoms with Crippen molar-refractivity contribution in [2.45, 2.75) is 114 Å². The van der Waals surface area contributed by atoms with Crippen molar-refractivity contribution in [1.29, 1.82) is 0 Å². The van der Waals surface area contributed by atoms with E-state index in [0.717, 1.165) is 70.7 Å². The Hall–Kier alpha value is -14.2. The van der Waals surface area contributed by atoms with E-state index in [4.69, 9.17) is 28.9 Å². The second-order valence-electron chi connectivity index (χ2n) is 29.7. The van der Waals surface area contributed by atoms with Gasteiger partial charge in [-0.05, 0) is 71.6 Å². The van der Waals surface area contributed by atoms with Crippen molar-refractivity contribution < 1.29 is 61.6 Å². The van der Waals surface area contributed by atoms with Crippen LogP contribution in [0.1, 0.15) is 174 Å². The van der Waals surface area contributed by atoms with E-state index in [1.165, 1.54) is 25.7 Å². The van der Waals surface area contributed by atoms with Gasteiger partial charge in [-0.2, -0.15) is 0 Å². The van der Waals surface area contributed by atoms with Gasteiger partial charge < -0.3 is 44.9 Å². The Kier molecular flexibility index (Phi) is 24.0. The molecule has 12 heterocycles. The molecule has 0 bridgehead atoms. The van der Waals surface area contributed by atoms with Crippen molar-refractivity contribution in [3.8, 4) is 0 Å². The van der Waals surface area contributed by atoms with Crippen molar-refractivity contribution in [1.82, 2.24) is 76.4 Å². The van der Waals surface area contributed by atoms with Crippen molar-refractivity contribution in [3.05, 3.63) is 286 Å². The highest BCUT2D eigenvalue weighted by Gasteiger charge is 2.57. The summed E-state index contributed by atoms with van der Waals surface area (Å²) in [7, 11) is 6.69. The topological polar surface area (TPSA) is 439 Å². The van der Waals surface area contributed by atoms with Crippen LogP contribution in [0.2, 0.25) is 0 Å². The predicted molar refractivity (Wildman–Crippen MR) is 430 cm³/mol. The summed E-state index contributed by atoms with van der Waals surface area (Å²) in [6.45, 7) is 0. The van der Waals surface area contributed by atoms with Gasteiger partial charge in [-0.1, -0.05) is 157 Å². The standard InChI is InChI=1S/3C21H19N5O3.C11H9NO3.C10H12N4O.2CH4/c3*1-26-19-17(22-7-8-23-19)14-11-15(14)18(21(26)28)24-20(27)16-10-13(29-25-16)9-12-5-3-2-4-6-12;13-11(14)10-7-9(15-12-10)6-8-4-2-1-3-5-8;1-14-9-8(12-2-3-13-9)6-4-5(6)7(11)10(14)15;;/h3*2-8,10,14-15,18H,9,11H2,1H3,(H,24,27);1-5,7H,6H2,(H,13,14);2-3,5-7H,4,11H2,1H3;2*1H4/t14-,15?,18+;2*14-,15+,18+;;5?,6-,7+;;/m110.1../s1. The van der Waals surface area contributed by atoms with Crippen LogP contribution in [0.25, 0.3) is 0 Å². The van der Waals surface area contributed by atoms with Gasteiger partial charge in [0, 0.05) is 151 Å². The average molecular weight is 1610 g/mol. The van der Waals surface area contributed by atoms with Gasteiger partial charge in [-0.3, -0.25) is 73.1 Å². The number of aromatic carboxylic acids is 1. The van der Waals surface area contributed by atoms with Crippen LogP contribution in [0.4, 0.5) is 23.3 Å². The molecule has 12 atom stereocenters. The maximum absolute atomic E-state index is 13.0. The first kappa shape index (κ1) is 81.3. The van der Waals surface area contributed by atoms with E-state index in [1.807, 2.05) is 121 Å². The minimum Gasteiger partial charge on any atom is -0.476 e. The van der Waals surface area contributed by atoms with E-state index in [2.05, 4.69) is 76.4 Å². The Morgan fingerprint density at radius 1 is 0.361 bits per heavy atom. The molecular formula is C86H86N20O13. The molecule has 4 saturated carbocycles. The molecule has 0 radical (unpaired) electrons. The Morgan fingerprint density at radius 3 is 0.866 bits per heavy atom. The number of nitrogens with two attached hydrogens (primary N) is 1. The van der Waals surface area contributed by atoms with Gasteiger partial charge in [0.05, 0.1) is 28.8 Å². The molecule has 6 N–H and O–H groups in total. The Labute approximate surface area is 682 Å². The second kappa shape index (κ2) is 35.1. The van der Waals surface area contributed by atoms with Crippen LogP contribution in [0.5, 0.6) is 0 Å². The molecule has 0 saturated heterocycles. The van der Waals surface area contributed by atoms with Crippen LogP contribution in [-0.4, -0.2) is 165 Å². The first-order chi connectivity index (χ1) is 56.8. The first-order valence-electron chi connectivity index (χ1n) is 38.0. The molecule has 8 aliphatic rings. The number of carboxylic acids is 1. The van der Waals surface area contributed by atoms with Crippen molar-refractivity contribution in [2.24, 2.45) is 29.4 Å². The number of hydrogen-bond donors (Lipinski definition) is 5. The number of carbonyl (C=O) groups is 8. The summed E-state index contributed by atoms with van der Waals surface area (Å²) in [6, 6.07) is 43.0. The lowest BCUT2D eigenvalue weighted by molar-refractivity contribution is -0.121. The van der Waals surface area contributed by atoms with Crippen molar-refractivity contribution >= 4 is 70.6 Å². The van der Waals surface area contributed by atoms with Crippen LogP contribution < -0.4 is 41.3 Å². The number of likely N-dealkylation sites (N-methyl/N-ethyl adjacent to an activating group) is 4. The number of rotatable bonds is 15. The predicted octanol–water partition coefficient (Wildman–Crippen LogP) is 8.92. The van der Waals surface area contributed by atoms with E-state index in [0.29, 0.717) is 77.9 Å². The smallest absolute Gasteiger partial charge is 0.358 e. The quantitative estimate of drug-likeness (QED) is 0.0639.